The number of nitrogen functional groups attached to an aromatic ring is 1. The molecule has 1 aromatic carbocycles. The Kier molecular flexibility index (Phi) is 6.46. The van der Waals surface area contributed by atoms with Crippen LogP contribution in [-0.2, 0) is 10.0 Å². The van der Waals surface area contributed by atoms with Crippen molar-refractivity contribution in [1.82, 2.24) is 4.31 Å². The highest BCUT2D eigenvalue weighted by Crippen LogP contribution is 2.29. The first kappa shape index (κ1) is 18.2. The topological polar surface area (TPSA) is 83.6 Å². The number of halogens is 1. The number of aliphatic hydroxyl groups excluding tert-OH is 1. The number of benzene rings is 1. The van der Waals surface area contributed by atoms with Crippen molar-refractivity contribution in [2.24, 2.45) is 0 Å². The van der Waals surface area contributed by atoms with Gasteiger partial charge in [0.05, 0.1) is 22.2 Å². The van der Waals surface area contributed by atoms with Crippen LogP contribution in [0.4, 0.5) is 5.69 Å². The molecule has 1 rings (SSSR count). The van der Waals surface area contributed by atoms with Gasteiger partial charge in [-0.25, -0.2) is 8.42 Å². The maximum absolute atomic E-state index is 12.8. The van der Waals surface area contributed by atoms with Crippen molar-refractivity contribution < 1.29 is 13.5 Å². The molecule has 3 N–H and O–H groups in total. The van der Waals surface area contributed by atoms with Crippen LogP contribution in [0.15, 0.2) is 17.0 Å². The number of aryl methyl sites for hydroxylation is 1. The van der Waals surface area contributed by atoms with E-state index in [0.717, 1.165) is 0 Å². The van der Waals surface area contributed by atoms with Crippen molar-refractivity contribution in [1.29, 1.82) is 0 Å². The lowest BCUT2D eigenvalue weighted by molar-refractivity contribution is 0.219. The Balaban J connectivity index is 3.35. The van der Waals surface area contributed by atoms with Gasteiger partial charge >= 0.3 is 0 Å². The molecule has 0 amide bonds. The van der Waals surface area contributed by atoms with E-state index in [1.54, 1.807) is 6.92 Å². The normalized spacial score (nSPS) is 12.3. The fourth-order valence-corrected chi connectivity index (χ4v) is 4.33. The predicted octanol–water partition coefficient (Wildman–Crippen LogP) is 2.40. The van der Waals surface area contributed by atoms with E-state index in [1.165, 1.54) is 16.4 Å². The van der Waals surface area contributed by atoms with Crippen LogP contribution < -0.4 is 5.73 Å². The van der Waals surface area contributed by atoms with Crippen LogP contribution in [0, 0.1) is 6.92 Å². The van der Waals surface area contributed by atoms with Gasteiger partial charge in [0.25, 0.3) is 0 Å². The van der Waals surface area contributed by atoms with Gasteiger partial charge in [0.2, 0.25) is 10.0 Å². The molecule has 0 bridgehead atoms. The molecule has 120 valence electrons. The molecule has 0 aliphatic heterocycles. The van der Waals surface area contributed by atoms with Crippen LogP contribution in [0.2, 0.25) is 5.02 Å². The number of hydrogen-bond donors (Lipinski definition) is 2. The zero-order chi connectivity index (χ0) is 16.2. The van der Waals surface area contributed by atoms with Gasteiger partial charge in [-0.3, -0.25) is 0 Å². The molecule has 0 saturated heterocycles. The third-order valence-corrected chi connectivity index (χ3v) is 5.98. The summed E-state index contributed by atoms with van der Waals surface area (Å²) in [7, 11) is -3.71. The number of anilines is 1. The summed E-state index contributed by atoms with van der Waals surface area (Å²) >= 11 is 5.98. The molecule has 0 spiro atoms. The van der Waals surface area contributed by atoms with Crippen LogP contribution in [0.25, 0.3) is 0 Å². The molecular weight excluding hydrogens is 312 g/mol. The van der Waals surface area contributed by atoms with E-state index in [2.05, 4.69) is 0 Å². The van der Waals surface area contributed by atoms with E-state index in [0.29, 0.717) is 23.4 Å². The van der Waals surface area contributed by atoms with Gasteiger partial charge in [0, 0.05) is 12.6 Å². The number of nitrogens with zero attached hydrogens (tertiary/aromatic N) is 1. The van der Waals surface area contributed by atoms with Crippen molar-refractivity contribution in [2.75, 3.05) is 18.9 Å². The monoisotopic (exact) mass is 334 g/mol. The number of sulfonamides is 1. The molecule has 21 heavy (non-hydrogen) atoms. The maximum Gasteiger partial charge on any atom is 0.243 e. The minimum atomic E-state index is -3.71. The van der Waals surface area contributed by atoms with E-state index >= 15 is 0 Å². The fraction of sp³-hybridized carbons (Fsp3) is 0.571. The second kappa shape index (κ2) is 7.45. The Morgan fingerprint density at radius 1 is 1.33 bits per heavy atom. The predicted molar refractivity (Wildman–Crippen MR) is 85.9 cm³/mol. The minimum absolute atomic E-state index is 0.0657. The molecule has 0 aliphatic carbocycles. The number of rotatable bonds is 7. The molecule has 0 atom stereocenters. The van der Waals surface area contributed by atoms with Gasteiger partial charge in [-0.1, -0.05) is 25.4 Å². The van der Waals surface area contributed by atoms with Gasteiger partial charge in [0.15, 0.2) is 0 Å². The molecule has 0 heterocycles. The molecule has 0 aromatic heterocycles. The summed E-state index contributed by atoms with van der Waals surface area (Å²) < 4.78 is 27.0. The standard InChI is InChI=1S/C14H23ClN2O3S/c1-4-11(5-2)17(6-7-18)21(19,20)12-8-10(3)14(15)13(16)9-12/h8-9,11,18H,4-7,16H2,1-3H3. The summed E-state index contributed by atoms with van der Waals surface area (Å²) in [5.41, 5.74) is 6.62. The number of hydrogen-bond acceptors (Lipinski definition) is 4. The van der Waals surface area contributed by atoms with Gasteiger partial charge in [-0.2, -0.15) is 4.31 Å². The first-order valence-electron chi connectivity index (χ1n) is 6.97. The molecule has 0 aliphatic rings. The molecule has 0 radical (unpaired) electrons. The summed E-state index contributed by atoms with van der Waals surface area (Å²) in [6, 6.07) is 2.73. The van der Waals surface area contributed by atoms with E-state index in [1.807, 2.05) is 13.8 Å². The molecular formula is C14H23ClN2O3S. The van der Waals surface area contributed by atoms with E-state index in [4.69, 9.17) is 17.3 Å². The van der Waals surface area contributed by atoms with Crippen molar-refractivity contribution in [3.63, 3.8) is 0 Å². The van der Waals surface area contributed by atoms with Gasteiger partial charge < -0.3 is 10.8 Å². The van der Waals surface area contributed by atoms with Crippen molar-refractivity contribution >= 4 is 27.3 Å². The Bertz CT molecular complexity index is 563. The van der Waals surface area contributed by atoms with Gasteiger partial charge in [-0.05, 0) is 37.5 Å². The lowest BCUT2D eigenvalue weighted by atomic mass is 10.2. The number of aliphatic hydroxyl groups is 1. The quantitative estimate of drug-likeness (QED) is 0.750. The fourth-order valence-electron chi connectivity index (χ4n) is 2.34. The Labute approximate surface area is 131 Å². The van der Waals surface area contributed by atoms with Crippen LogP contribution in [0.1, 0.15) is 32.3 Å². The zero-order valence-electron chi connectivity index (χ0n) is 12.6. The number of nitrogens with two attached hydrogens (primary N) is 1. The van der Waals surface area contributed by atoms with Crippen molar-refractivity contribution in [2.45, 2.75) is 44.6 Å². The maximum atomic E-state index is 12.8. The van der Waals surface area contributed by atoms with Crippen LogP contribution >= 0.6 is 11.6 Å². The van der Waals surface area contributed by atoms with Gasteiger partial charge in [-0.15, -0.1) is 0 Å². The second-order valence-electron chi connectivity index (χ2n) is 4.95. The largest absolute Gasteiger partial charge is 0.397 e. The SMILES string of the molecule is CCC(CC)N(CCO)S(=O)(=O)c1cc(C)c(Cl)c(N)c1. The molecule has 0 fully saturated rings. The first-order valence-corrected chi connectivity index (χ1v) is 8.79. The summed E-state index contributed by atoms with van der Waals surface area (Å²) in [6.07, 6.45) is 1.36. The lowest BCUT2D eigenvalue weighted by Gasteiger charge is -2.29. The van der Waals surface area contributed by atoms with Crippen molar-refractivity contribution in [3.05, 3.63) is 22.7 Å². The van der Waals surface area contributed by atoms with E-state index in [9.17, 15) is 13.5 Å². The van der Waals surface area contributed by atoms with Gasteiger partial charge in [0.1, 0.15) is 0 Å². The summed E-state index contributed by atoms with van der Waals surface area (Å²) in [6.45, 7) is 5.41. The van der Waals surface area contributed by atoms with Crippen LogP contribution in [0.3, 0.4) is 0 Å². The van der Waals surface area contributed by atoms with Crippen LogP contribution in [0.5, 0.6) is 0 Å². The highest BCUT2D eigenvalue weighted by atomic mass is 35.5. The average Bonchev–Trinajstić information content (AvgIpc) is 2.44. The van der Waals surface area contributed by atoms with E-state index < -0.39 is 10.0 Å². The summed E-state index contributed by atoms with van der Waals surface area (Å²) in [5.74, 6) is 0. The third kappa shape index (κ3) is 3.88. The van der Waals surface area contributed by atoms with E-state index in [-0.39, 0.29) is 29.8 Å². The smallest absolute Gasteiger partial charge is 0.243 e. The van der Waals surface area contributed by atoms with Crippen LogP contribution in [-0.4, -0.2) is 37.0 Å². The highest BCUT2D eigenvalue weighted by Gasteiger charge is 2.30. The molecule has 0 saturated carbocycles. The zero-order valence-corrected chi connectivity index (χ0v) is 14.2. The minimum Gasteiger partial charge on any atom is -0.397 e. The van der Waals surface area contributed by atoms with Crippen molar-refractivity contribution in [3.8, 4) is 0 Å². The molecule has 1 aromatic rings. The first-order chi connectivity index (χ1) is 9.79. The average molecular weight is 335 g/mol. The Morgan fingerprint density at radius 2 is 1.90 bits per heavy atom. The lowest BCUT2D eigenvalue weighted by Crippen LogP contribution is -2.41. The Morgan fingerprint density at radius 3 is 2.33 bits per heavy atom. The second-order valence-corrected chi connectivity index (χ2v) is 7.22. The molecule has 7 heteroatoms. The highest BCUT2D eigenvalue weighted by molar-refractivity contribution is 7.89. The molecule has 0 unspecified atom stereocenters. The summed E-state index contributed by atoms with van der Waals surface area (Å²) in [5, 5.41) is 9.55. The Hall–Kier alpha value is -0.820. The molecule has 5 nitrogen and oxygen atoms in total. The summed E-state index contributed by atoms with van der Waals surface area (Å²) in [4.78, 5) is 0.113. The third-order valence-electron chi connectivity index (χ3n) is 3.53.